The van der Waals surface area contributed by atoms with Gasteiger partial charge in [0.1, 0.15) is 5.82 Å². The molecule has 1 saturated heterocycles. The molecular formula is C16H22N4S. The van der Waals surface area contributed by atoms with Crippen molar-refractivity contribution < 1.29 is 0 Å². The second kappa shape index (κ2) is 6.54. The molecule has 2 aromatic rings. The Bertz CT molecular complexity index is 587. The molecule has 1 aliphatic heterocycles. The number of hydrogen-bond donors (Lipinski definition) is 1. The molecule has 1 aliphatic rings. The lowest BCUT2D eigenvalue weighted by atomic mass is 10.0. The van der Waals surface area contributed by atoms with Crippen molar-refractivity contribution in [2.24, 2.45) is 0 Å². The smallest absolute Gasteiger partial charge is 0.126 e. The zero-order chi connectivity index (χ0) is 14.7. The minimum Gasteiger partial charge on any atom is -0.367 e. The number of aryl methyl sites for hydroxylation is 2. The summed E-state index contributed by atoms with van der Waals surface area (Å²) in [5.74, 6) is 1.01. The number of thiazole rings is 1. The Kier molecular flexibility index (Phi) is 4.51. The van der Waals surface area contributed by atoms with Gasteiger partial charge in [-0.25, -0.2) is 9.97 Å². The standard InChI is InChI=1S/C16H22N4S/c1-12-4-3-5-16(18-12)19-14-6-8-20(9-7-14)10-15-13(2)17-11-21-15/h3-5,11,14H,6-10H2,1-2H3,(H,18,19). The first-order valence-electron chi connectivity index (χ1n) is 7.52. The van der Waals surface area contributed by atoms with E-state index in [9.17, 15) is 0 Å². The van der Waals surface area contributed by atoms with Crippen molar-refractivity contribution in [1.82, 2.24) is 14.9 Å². The average Bonchev–Trinajstić information content (AvgIpc) is 2.87. The number of aromatic nitrogens is 2. The zero-order valence-electron chi connectivity index (χ0n) is 12.7. The van der Waals surface area contributed by atoms with Crippen LogP contribution in [-0.4, -0.2) is 34.0 Å². The molecular weight excluding hydrogens is 280 g/mol. The van der Waals surface area contributed by atoms with E-state index in [-0.39, 0.29) is 0 Å². The van der Waals surface area contributed by atoms with Crippen LogP contribution in [0, 0.1) is 13.8 Å². The van der Waals surface area contributed by atoms with Gasteiger partial charge in [0, 0.05) is 36.2 Å². The Balaban J connectivity index is 1.50. The van der Waals surface area contributed by atoms with Crippen LogP contribution < -0.4 is 5.32 Å². The van der Waals surface area contributed by atoms with E-state index in [2.05, 4.69) is 39.2 Å². The highest BCUT2D eigenvalue weighted by molar-refractivity contribution is 7.09. The highest BCUT2D eigenvalue weighted by Crippen LogP contribution is 2.20. The minimum atomic E-state index is 0.540. The maximum atomic E-state index is 4.53. The van der Waals surface area contributed by atoms with Gasteiger partial charge in [-0.2, -0.15) is 0 Å². The molecule has 1 fully saturated rings. The summed E-state index contributed by atoms with van der Waals surface area (Å²) in [6.45, 7) is 7.46. The first-order valence-corrected chi connectivity index (χ1v) is 8.40. The van der Waals surface area contributed by atoms with Crippen LogP contribution in [0.4, 0.5) is 5.82 Å². The third kappa shape index (κ3) is 3.80. The number of anilines is 1. The maximum Gasteiger partial charge on any atom is 0.126 e. The molecule has 0 spiro atoms. The SMILES string of the molecule is Cc1cccc(NC2CCN(Cc3scnc3C)CC2)n1. The molecule has 112 valence electrons. The second-order valence-corrected chi connectivity index (χ2v) is 6.66. The van der Waals surface area contributed by atoms with Crippen LogP contribution in [0.5, 0.6) is 0 Å². The Labute approximate surface area is 130 Å². The van der Waals surface area contributed by atoms with Gasteiger partial charge in [-0.05, 0) is 38.8 Å². The molecule has 0 aromatic carbocycles. The van der Waals surface area contributed by atoms with Crippen LogP contribution in [-0.2, 0) is 6.54 Å². The first kappa shape index (κ1) is 14.5. The Morgan fingerprint density at radius 1 is 1.29 bits per heavy atom. The molecule has 0 saturated carbocycles. The molecule has 3 rings (SSSR count). The predicted octanol–water partition coefficient (Wildman–Crippen LogP) is 3.23. The van der Waals surface area contributed by atoms with E-state index >= 15 is 0 Å². The Morgan fingerprint density at radius 3 is 2.76 bits per heavy atom. The number of nitrogens with zero attached hydrogens (tertiary/aromatic N) is 3. The van der Waals surface area contributed by atoms with Crippen molar-refractivity contribution in [3.8, 4) is 0 Å². The van der Waals surface area contributed by atoms with E-state index in [1.165, 1.54) is 23.4 Å². The van der Waals surface area contributed by atoms with Crippen molar-refractivity contribution in [1.29, 1.82) is 0 Å². The largest absolute Gasteiger partial charge is 0.367 e. The highest BCUT2D eigenvalue weighted by Gasteiger charge is 2.20. The van der Waals surface area contributed by atoms with Crippen LogP contribution >= 0.6 is 11.3 Å². The van der Waals surface area contributed by atoms with Gasteiger partial charge in [0.15, 0.2) is 0 Å². The normalized spacial score (nSPS) is 17.0. The van der Waals surface area contributed by atoms with Gasteiger partial charge < -0.3 is 5.32 Å². The molecule has 5 heteroatoms. The third-order valence-corrected chi connectivity index (χ3v) is 4.96. The van der Waals surface area contributed by atoms with Gasteiger partial charge in [-0.1, -0.05) is 6.07 Å². The van der Waals surface area contributed by atoms with Gasteiger partial charge in [0.05, 0.1) is 11.2 Å². The number of piperidine rings is 1. The molecule has 0 amide bonds. The molecule has 21 heavy (non-hydrogen) atoms. The molecule has 2 aromatic heterocycles. The summed E-state index contributed by atoms with van der Waals surface area (Å²) in [6, 6.07) is 6.69. The van der Waals surface area contributed by atoms with E-state index in [1.54, 1.807) is 11.3 Å². The van der Waals surface area contributed by atoms with Crippen LogP contribution in [0.15, 0.2) is 23.7 Å². The quantitative estimate of drug-likeness (QED) is 0.941. The number of nitrogens with one attached hydrogen (secondary N) is 1. The lowest BCUT2D eigenvalue weighted by Gasteiger charge is -2.32. The summed E-state index contributed by atoms with van der Waals surface area (Å²) in [5.41, 5.74) is 4.20. The van der Waals surface area contributed by atoms with Gasteiger partial charge in [0.25, 0.3) is 0 Å². The number of pyridine rings is 1. The monoisotopic (exact) mass is 302 g/mol. The van der Waals surface area contributed by atoms with E-state index in [4.69, 9.17) is 0 Å². The summed E-state index contributed by atoms with van der Waals surface area (Å²) in [6.07, 6.45) is 2.35. The van der Waals surface area contributed by atoms with E-state index in [1.807, 2.05) is 18.5 Å². The predicted molar refractivity (Wildman–Crippen MR) is 87.7 cm³/mol. The number of likely N-dealkylation sites (tertiary alicyclic amines) is 1. The lowest BCUT2D eigenvalue weighted by molar-refractivity contribution is 0.212. The number of hydrogen-bond acceptors (Lipinski definition) is 5. The zero-order valence-corrected chi connectivity index (χ0v) is 13.5. The molecule has 1 N–H and O–H groups in total. The topological polar surface area (TPSA) is 41.0 Å². The summed E-state index contributed by atoms with van der Waals surface area (Å²) >= 11 is 1.77. The average molecular weight is 302 g/mol. The van der Waals surface area contributed by atoms with Gasteiger partial charge in [-0.3, -0.25) is 4.90 Å². The van der Waals surface area contributed by atoms with Crippen molar-refractivity contribution in [3.63, 3.8) is 0 Å². The van der Waals surface area contributed by atoms with Crippen molar-refractivity contribution in [2.75, 3.05) is 18.4 Å². The van der Waals surface area contributed by atoms with Crippen LogP contribution in [0.3, 0.4) is 0 Å². The fourth-order valence-corrected chi connectivity index (χ4v) is 3.57. The van der Waals surface area contributed by atoms with E-state index < -0.39 is 0 Å². The summed E-state index contributed by atoms with van der Waals surface area (Å²) in [5, 5.41) is 3.56. The fourth-order valence-electron chi connectivity index (χ4n) is 2.75. The fraction of sp³-hybridized carbons (Fsp3) is 0.500. The van der Waals surface area contributed by atoms with Gasteiger partial charge in [0.2, 0.25) is 0 Å². The van der Waals surface area contributed by atoms with Crippen LogP contribution in [0.1, 0.15) is 29.1 Å². The van der Waals surface area contributed by atoms with Crippen LogP contribution in [0.25, 0.3) is 0 Å². The number of rotatable bonds is 4. The molecule has 0 radical (unpaired) electrons. The van der Waals surface area contributed by atoms with Crippen LogP contribution in [0.2, 0.25) is 0 Å². The molecule has 0 atom stereocenters. The van der Waals surface area contributed by atoms with E-state index in [0.717, 1.165) is 31.1 Å². The van der Waals surface area contributed by atoms with Crippen molar-refractivity contribution >= 4 is 17.2 Å². The minimum absolute atomic E-state index is 0.540. The van der Waals surface area contributed by atoms with Gasteiger partial charge in [-0.15, -0.1) is 11.3 Å². The first-order chi connectivity index (χ1) is 10.2. The molecule has 0 unspecified atom stereocenters. The van der Waals surface area contributed by atoms with Crippen molar-refractivity contribution in [3.05, 3.63) is 40.0 Å². The molecule has 0 aliphatic carbocycles. The maximum absolute atomic E-state index is 4.53. The summed E-state index contributed by atoms with van der Waals surface area (Å²) in [4.78, 5) is 12.8. The third-order valence-electron chi connectivity index (χ3n) is 4.04. The van der Waals surface area contributed by atoms with E-state index in [0.29, 0.717) is 6.04 Å². The molecule has 3 heterocycles. The van der Waals surface area contributed by atoms with Gasteiger partial charge >= 0.3 is 0 Å². The summed E-state index contributed by atoms with van der Waals surface area (Å²) in [7, 11) is 0. The Morgan fingerprint density at radius 2 is 2.10 bits per heavy atom. The molecule has 4 nitrogen and oxygen atoms in total. The molecule has 0 bridgehead atoms. The Hall–Kier alpha value is -1.46. The summed E-state index contributed by atoms with van der Waals surface area (Å²) < 4.78 is 0. The van der Waals surface area contributed by atoms with Crippen molar-refractivity contribution in [2.45, 2.75) is 39.3 Å². The second-order valence-electron chi connectivity index (χ2n) is 5.72. The highest BCUT2D eigenvalue weighted by atomic mass is 32.1. The lowest BCUT2D eigenvalue weighted by Crippen LogP contribution is -2.38.